The molecule has 164 valence electrons. The van der Waals surface area contributed by atoms with E-state index < -0.39 is 0 Å². The van der Waals surface area contributed by atoms with E-state index >= 15 is 0 Å². The van der Waals surface area contributed by atoms with Crippen LogP contribution in [-0.2, 0) is 27.3 Å². The second-order valence-electron chi connectivity index (χ2n) is 8.26. The molecule has 0 aromatic carbocycles. The van der Waals surface area contributed by atoms with Gasteiger partial charge in [0.15, 0.2) is 5.82 Å². The zero-order chi connectivity index (χ0) is 20.9. The molecular formula is C21H31N5O4. The molecule has 1 unspecified atom stereocenters. The summed E-state index contributed by atoms with van der Waals surface area (Å²) in [7, 11) is 0. The first-order chi connectivity index (χ1) is 14.6. The van der Waals surface area contributed by atoms with E-state index in [1.54, 1.807) is 0 Å². The summed E-state index contributed by atoms with van der Waals surface area (Å²) < 4.78 is 16.8. The topological polar surface area (TPSA) is 106 Å². The van der Waals surface area contributed by atoms with Crippen molar-refractivity contribution in [2.75, 3.05) is 26.3 Å². The number of ether oxygens (including phenoxy) is 2. The first-order valence-corrected chi connectivity index (χ1v) is 10.9. The van der Waals surface area contributed by atoms with Gasteiger partial charge in [-0.25, -0.2) is 0 Å². The standard InChI is InChI=1S/C21H31N5O4/c1-14-18(15(2)24-23-14)5-6-20(27)26-9-3-4-17(12-26)29-13-19-22-21(30-25-19)16-7-10-28-11-8-16/h16-17H,3-13H2,1-2H3,(H,23,24). The van der Waals surface area contributed by atoms with Crippen LogP contribution in [0.2, 0.25) is 0 Å². The molecule has 4 heterocycles. The van der Waals surface area contributed by atoms with Crippen molar-refractivity contribution in [1.82, 2.24) is 25.2 Å². The second-order valence-corrected chi connectivity index (χ2v) is 8.26. The number of likely N-dealkylation sites (tertiary alicyclic amines) is 1. The molecule has 2 aliphatic rings. The third-order valence-corrected chi connectivity index (χ3v) is 6.10. The Hall–Kier alpha value is -2.26. The molecule has 0 bridgehead atoms. The zero-order valence-corrected chi connectivity index (χ0v) is 17.9. The highest BCUT2D eigenvalue weighted by molar-refractivity contribution is 5.76. The van der Waals surface area contributed by atoms with Gasteiger partial charge in [0.1, 0.15) is 6.61 Å². The van der Waals surface area contributed by atoms with Gasteiger partial charge >= 0.3 is 0 Å². The minimum absolute atomic E-state index is 0.00475. The number of hydrogen-bond donors (Lipinski definition) is 1. The SMILES string of the molecule is Cc1n[nH]c(C)c1CCC(=O)N1CCCC(OCc2noc(C3CCOCC3)n2)C1. The highest BCUT2D eigenvalue weighted by atomic mass is 16.5. The number of aromatic nitrogens is 4. The summed E-state index contributed by atoms with van der Waals surface area (Å²) in [6, 6.07) is 0. The van der Waals surface area contributed by atoms with Crippen LogP contribution in [-0.4, -0.2) is 63.6 Å². The fraction of sp³-hybridized carbons (Fsp3) is 0.714. The Morgan fingerprint density at radius 2 is 2.10 bits per heavy atom. The monoisotopic (exact) mass is 417 g/mol. The van der Waals surface area contributed by atoms with Gasteiger partial charge in [0.05, 0.1) is 11.8 Å². The maximum absolute atomic E-state index is 12.7. The van der Waals surface area contributed by atoms with Crippen molar-refractivity contribution in [2.24, 2.45) is 0 Å². The van der Waals surface area contributed by atoms with E-state index in [2.05, 4.69) is 20.3 Å². The van der Waals surface area contributed by atoms with Crippen molar-refractivity contribution in [3.05, 3.63) is 28.7 Å². The number of nitrogens with zero attached hydrogens (tertiary/aromatic N) is 4. The van der Waals surface area contributed by atoms with Gasteiger partial charge in [-0.1, -0.05) is 5.16 Å². The first kappa shape index (κ1) is 21.0. The summed E-state index contributed by atoms with van der Waals surface area (Å²) in [4.78, 5) is 19.1. The van der Waals surface area contributed by atoms with E-state index in [0.717, 1.165) is 62.4 Å². The molecule has 1 atom stereocenters. The highest BCUT2D eigenvalue weighted by Crippen LogP contribution is 2.25. The third-order valence-electron chi connectivity index (χ3n) is 6.10. The largest absolute Gasteiger partial charge is 0.381 e. The molecule has 0 saturated carbocycles. The zero-order valence-electron chi connectivity index (χ0n) is 17.9. The summed E-state index contributed by atoms with van der Waals surface area (Å²) in [6.45, 7) is 7.17. The van der Waals surface area contributed by atoms with Crippen LogP contribution in [0.25, 0.3) is 0 Å². The average molecular weight is 418 g/mol. The summed E-state index contributed by atoms with van der Waals surface area (Å²) in [5, 5.41) is 11.3. The Morgan fingerprint density at radius 1 is 1.27 bits per heavy atom. The number of H-pyrrole nitrogens is 1. The van der Waals surface area contributed by atoms with Crippen LogP contribution in [0.5, 0.6) is 0 Å². The molecule has 9 heteroatoms. The molecule has 0 spiro atoms. The van der Waals surface area contributed by atoms with Gasteiger partial charge in [0.2, 0.25) is 11.8 Å². The predicted octanol–water partition coefficient (Wildman–Crippen LogP) is 2.44. The van der Waals surface area contributed by atoms with Crippen molar-refractivity contribution in [2.45, 2.75) is 71.0 Å². The Bertz CT molecular complexity index is 823. The number of piperidine rings is 1. The number of hydrogen-bond acceptors (Lipinski definition) is 7. The van der Waals surface area contributed by atoms with Crippen LogP contribution in [0.4, 0.5) is 0 Å². The molecule has 0 aliphatic carbocycles. The van der Waals surface area contributed by atoms with E-state index in [4.69, 9.17) is 14.0 Å². The smallest absolute Gasteiger partial charge is 0.230 e. The van der Waals surface area contributed by atoms with E-state index in [0.29, 0.717) is 37.7 Å². The molecule has 2 aliphatic heterocycles. The van der Waals surface area contributed by atoms with Crippen LogP contribution in [0.15, 0.2) is 4.52 Å². The van der Waals surface area contributed by atoms with E-state index in [1.165, 1.54) is 0 Å². The normalized spacial score (nSPS) is 20.6. The number of nitrogens with one attached hydrogen (secondary N) is 1. The molecule has 1 amide bonds. The van der Waals surface area contributed by atoms with Crippen molar-refractivity contribution in [3.8, 4) is 0 Å². The number of aryl methyl sites for hydroxylation is 2. The van der Waals surface area contributed by atoms with Gasteiger partial charge < -0.3 is 18.9 Å². The van der Waals surface area contributed by atoms with Crippen LogP contribution in [0.1, 0.15) is 66.7 Å². The van der Waals surface area contributed by atoms with Crippen LogP contribution in [0.3, 0.4) is 0 Å². The van der Waals surface area contributed by atoms with Gasteiger partial charge in [-0.3, -0.25) is 9.89 Å². The average Bonchev–Trinajstić information content (AvgIpc) is 3.38. The Balaban J connectivity index is 1.24. The fourth-order valence-electron chi connectivity index (χ4n) is 4.26. The Morgan fingerprint density at radius 3 is 2.87 bits per heavy atom. The molecule has 9 nitrogen and oxygen atoms in total. The number of amides is 1. The Labute approximate surface area is 176 Å². The number of rotatable bonds is 7. The lowest BCUT2D eigenvalue weighted by atomic mass is 10.0. The molecular weight excluding hydrogens is 386 g/mol. The third kappa shape index (κ3) is 5.07. The second kappa shape index (κ2) is 9.70. The van der Waals surface area contributed by atoms with E-state index in [1.807, 2.05) is 18.7 Å². The summed E-state index contributed by atoms with van der Waals surface area (Å²) in [6.07, 6.45) is 4.93. The molecule has 30 heavy (non-hydrogen) atoms. The minimum atomic E-state index is 0.00475. The maximum Gasteiger partial charge on any atom is 0.230 e. The van der Waals surface area contributed by atoms with Crippen molar-refractivity contribution < 1.29 is 18.8 Å². The molecule has 2 aromatic heterocycles. The van der Waals surface area contributed by atoms with Gasteiger partial charge in [0.25, 0.3) is 0 Å². The fourth-order valence-corrected chi connectivity index (χ4v) is 4.26. The molecule has 0 radical (unpaired) electrons. The summed E-state index contributed by atoms with van der Waals surface area (Å²) in [5.41, 5.74) is 3.16. The lowest BCUT2D eigenvalue weighted by Gasteiger charge is -2.32. The lowest BCUT2D eigenvalue weighted by molar-refractivity contribution is -0.135. The number of carbonyl (C=O) groups excluding carboxylic acids is 1. The molecule has 2 aromatic rings. The minimum Gasteiger partial charge on any atom is -0.381 e. The molecule has 4 rings (SSSR count). The Kier molecular flexibility index (Phi) is 6.79. The van der Waals surface area contributed by atoms with Gasteiger partial charge in [0, 0.05) is 44.3 Å². The van der Waals surface area contributed by atoms with E-state index in [9.17, 15) is 4.79 Å². The molecule has 2 fully saturated rings. The quantitative estimate of drug-likeness (QED) is 0.737. The lowest BCUT2D eigenvalue weighted by Crippen LogP contribution is -2.43. The number of aromatic amines is 1. The van der Waals surface area contributed by atoms with Gasteiger partial charge in [-0.2, -0.15) is 10.1 Å². The van der Waals surface area contributed by atoms with Crippen molar-refractivity contribution in [3.63, 3.8) is 0 Å². The van der Waals surface area contributed by atoms with Crippen molar-refractivity contribution >= 4 is 5.91 Å². The van der Waals surface area contributed by atoms with Gasteiger partial charge in [-0.15, -0.1) is 0 Å². The molecule has 1 N–H and O–H groups in total. The van der Waals surface area contributed by atoms with Crippen LogP contribution >= 0.6 is 0 Å². The first-order valence-electron chi connectivity index (χ1n) is 10.9. The van der Waals surface area contributed by atoms with E-state index in [-0.39, 0.29) is 17.9 Å². The number of carbonyl (C=O) groups is 1. The highest BCUT2D eigenvalue weighted by Gasteiger charge is 2.26. The summed E-state index contributed by atoms with van der Waals surface area (Å²) in [5.74, 6) is 1.71. The maximum atomic E-state index is 12.7. The van der Waals surface area contributed by atoms with Crippen molar-refractivity contribution in [1.29, 1.82) is 0 Å². The predicted molar refractivity (Wildman–Crippen MR) is 108 cm³/mol. The molecule has 2 saturated heterocycles. The summed E-state index contributed by atoms with van der Waals surface area (Å²) >= 11 is 0. The van der Waals surface area contributed by atoms with Crippen LogP contribution in [0, 0.1) is 13.8 Å². The van der Waals surface area contributed by atoms with Gasteiger partial charge in [-0.05, 0) is 51.5 Å². The van der Waals surface area contributed by atoms with Crippen LogP contribution < -0.4 is 0 Å².